The molecule has 9 nitrogen and oxygen atoms in total. The fourth-order valence-electron chi connectivity index (χ4n) is 8.11. The summed E-state index contributed by atoms with van der Waals surface area (Å²) in [5.74, 6) is -0.556. The zero-order valence-electron chi connectivity index (χ0n) is 48.6. The van der Waals surface area contributed by atoms with Crippen LogP contribution in [0.4, 0.5) is 0 Å². The molecule has 0 rings (SSSR count). The molecule has 0 heterocycles. The maximum atomic E-state index is 13.5. The summed E-state index contributed by atoms with van der Waals surface area (Å²) in [7, 11) is 1.46. The molecule has 2 N–H and O–H groups in total. The average molecular weight is 1050 g/mol. The Morgan fingerprint density at radius 1 is 0.486 bits per heavy atom. The smallest absolute Gasteiger partial charge is 0.456 e. The summed E-state index contributed by atoms with van der Waals surface area (Å²) in [6.45, 7) is 6.83. The molecular weight excluding hydrogens is 940 g/mol. The van der Waals surface area contributed by atoms with Crippen LogP contribution in [-0.2, 0) is 27.9 Å². The molecule has 0 bridgehead atoms. The highest BCUT2D eigenvalue weighted by atomic mass is 31.2. The number of hydrogen-bond acceptors (Lipinski definition) is 6. The minimum Gasteiger partial charge on any atom is -0.456 e. The molecule has 0 fully saturated rings. The second-order valence-corrected chi connectivity index (χ2v) is 22.6. The number of phosphoric ester groups is 1. The van der Waals surface area contributed by atoms with Crippen LogP contribution in [0.15, 0.2) is 97.2 Å². The van der Waals surface area contributed by atoms with Crippen molar-refractivity contribution in [1.29, 1.82) is 0 Å². The van der Waals surface area contributed by atoms with Crippen LogP contribution in [0, 0.1) is 0 Å². The average Bonchev–Trinajstić information content (AvgIpc) is 3.36. The summed E-state index contributed by atoms with van der Waals surface area (Å²) in [6.07, 6.45) is 71.1. The Morgan fingerprint density at radius 2 is 0.865 bits per heavy atom. The van der Waals surface area contributed by atoms with E-state index < -0.39 is 20.0 Å². The monoisotopic (exact) mass is 1050 g/mol. The van der Waals surface area contributed by atoms with Gasteiger partial charge < -0.3 is 19.4 Å². The molecule has 0 aromatic heterocycles. The number of amides is 1. The highest BCUT2D eigenvalue weighted by Gasteiger charge is 2.30. The highest BCUT2D eigenvalue weighted by Crippen LogP contribution is 2.43. The summed E-state index contributed by atoms with van der Waals surface area (Å²) in [5, 5.41) is 3.03. The summed E-state index contributed by atoms with van der Waals surface area (Å²) < 4.78 is 30.6. The number of phosphoric acid groups is 1. The van der Waals surface area contributed by atoms with E-state index in [9.17, 15) is 19.0 Å². The first-order chi connectivity index (χ1) is 35.9. The number of likely N-dealkylation sites (N-methyl/N-ethyl adjacent to an activating group) is 1. The highest BCUT2D eigenvalue weighted by molar-refractivity contribution is 7.47. The molecule has 0 aliphatic heterocycles. The molecule has 3 unspecified atom stereocenters. The van der Waals surface area contributed by atoms with Crippen molar-refractivity contribution in [2.45, 2.75) is 258 Å². The van der Waals surface area contributed by atoms with Gasteiger partial charge in [0.05, 0.1) is 33.8 Å². The van der Waals surface area contributed by atoms with E-state index in [1.54, 1.807) is 0 Å². The first-order valence-corrected chi connectivity index (χ1v) is 31.6. The van der Waals surface area contributed by atoms with Crippen LogP contribution in [0.2, 0.25) is 0 Å². The number of nitrogens with one attached hydrogen (secondary N) is 1. The van der Waals surface area contributed by atoms with Crippen LogP contribution in [0.5, 0.6) is 0 Å². The third kappa shape index (κ3) is 53.7. The number of nitrogens with zero attached hydrogens (tertiary/aromatic N) is 1. The molecule has 74 heavy (non-hydrogen) atoms. The van der Waals surface area contributed by atoms with Gasteiger partial charge in [-0.25, -0.2) is 4.57 Å². The van der Waals surface area contributed by atoms with E-state index in [1.165, 1.54) is 96.3 Å². The third-order valence-corrected chi connectivity index (χ3v) is 13.7. The predicted molar refractivity (Wildman–Crippen MR) is 318 cm³/mol. The van der Waals surface area contributed by atoms with Gasteiger partial charge in [-0.15, -0.1) is 0 Å². The van der Waals surface area contributed by atoms with E-state index in [0.29, 0.717) is 17.4 Å². The normalized spacial score (nSPS) is 14.4. The van der Waals surface area contributed by atoms with Crippen LogP contribution < -0.4 is 5.32 Å². The maximum Gasteiger partial charge on any atom is 0.472 e. The van der Waals surface area contributed by atoms with Crippen molar-refractivity contribution in [2.75, 3.05) is 40.9 Å². The van der Waals surface area contributed by atoms with Gasteiger partial charge in [-0.05, 0) is 109 Å². The fraction of sp³-hybridized carbons (Fsp3) is 0.719. The number of carbonyl (C=O) groups is 2. The Bertz CT molecular complexity index is 1590. The lowest BCUT2D eigenvalue weighted by Gasteiger charge is -2.27. The van der Waals surface area contributed by atoms with Gasteiger partial charge in [-0.3, -0.25) is 18.6 Å². The second kappa shape index (κ2) is 53.3. The van der Waals surface area contributed by atoms with Gasteiger partial charge in [0.25, 0.3) is 0 Å². The van der Waals surface area contributed by atoms with Crippen LogP contribution in [0.3, 0.4) is 0 Å². The Labute approximate surface area is 456 Å². The minimum absolute atomic E-state index is 0.0276. The van der Waals surface area contributed by atoms with Gasteiger partial charge in [0.2, 0.25) is 5.91 Å². The summed E-state index contributed by atoms with van der Waals surface area (Å²) >= 11 is 0. The van der Waals surface area contributed by atoms with E-state index in [1.807, 2.05) is 33.3 Å². The summed E-state index contributed by atoms with van der Waals surface area (Å²) in [4.78, 5) is 37.7. The van der Waals surface area contributed by atoms with Gasteiger partial charge in [-0.1, -0.05) is 221 Å². The SMILES string of the molecule is CC/C=C\C/C=C\C/C=C\C/C=C\C/C=C\CCCCCC(=O)NC(COP(=O)(O)OCC[N+](C)(C)C)C(/C=C/CCCCCCCCCCCC)OC(=O)CCCCCCCCC/C=C\C/C=C\CCCCC. The number of allylic oxidation sites excluding steroid dienone is 15. The summed E-state index contributed by atoms with van der Waals surface area (Å²) in [6, 6.07) is -0.874. The Balaban J connectivity index is 5.38. The molecule has 0 aliphatic rings. The van der Waals surface area contributed by atoms with Crippen LogP contribution in [0.25, 0.3) is 0 Å². The number of quaternary nitrogens is 1. The molecule has 3 atom stereocenters. The lowest BCUT2D eigenvalue weighted by Crippen LogP contribution is -2.47. The molecule has 1 amide bonds. The first-order valence-electron chi connectivity index (χ1n) is 30.1. The number of ether oxygens (including phenoxy) is 1. The molecule has 426 valence electrons. The quantitative estimate of drug-likeness (QED) is 0.0205. The van der Waals surface area contributed by atoms with Crippen molar-refractivity contribution in [3.8, 4) is 0 Å². The molecule has 10 heteroatoms. The molecule has 0 aromatic rings. The van der Waals surface area contributed by atoms with E-state index >= 15 is 0 Å². The Morgan fingerprint density at radius 3 is 1.34 bits per heavy atom. The molecular formula is C64H114N2O7P+. The largest absolute Gasteiger partial charge is 0.472 e. The first kappa shape index (κ1) is 70.9. The van der Waals surface area contributed by atoms with Crippen molar-refractivity contribution in [2.24, 2.45) is 0 Å². The van der Waals surface area contributed by atoms with E-state index in [0.717, 1.165) is 109 Å². The zero-order chi connectivity index (χ0) is 54.3. The van der Waals surface area contributed by atoms with Gasteiger partial charge in [-0.2, -0.15) is 0 Å². The molecule has 0 radical (unpaired) electrons. The molecule has 0 spiro atoms. The lowest BCUT2D eigenvalue weighted by molar-refractivity contribution is -0.870. The van der Waals surface area contributed by atoms with Crippen molar-refractivity contribution in [3.05, 3.63) is 97.2 Å². The minimum atomic E-state index is -4.46. The van der Waals surface area contributed by atoms with Crippen LogP contribution in [0.1, 0.15) is 245 Å². The Hall–Kier alpha value is -3.07. The van der Waals surface area contributed by atoms with Gasteiger partial charge in [0, 0.05) is 12.8 Å². The van der Waals surface area contributed by atoms with Crippen LogP contribution in [-0.4, -0.2) is 74.3 Å². The van der Waals surface area contributed by atoms with Crippen molar-refractivity contribution >= 4 is 19.7 Å². The van der Waals surface area contributed by atoms with Crippen molar-refractivity contribution in [1.82, 2.24) is 5.32 Å². The number of esters is 1. The van der Waals surface area contributed by atoms with Gasteiger partial charge >= 0.3 is 13.8 Å². The lowest BCUT2D eigenvalue weighted by atomic mass is 10.0. The number of carbonyl (C=O) groups excluding carboxylic acids is 2. The molecule has 0 saturated heterocycles. The zero-order valence-corrected chi connectivity index (χ0v) is 49.4. The predicted octanol–water partition coefficient (Wildman–Crippen LogP) is 18.4. The number of unbranched alkanes of at least 4 members (excludes halogenated alkanes) is 23. The number of hydrogen-bond donors (Lipinski definition) is 2. The molecule has 0 saturated carbocycles. The van der Waals surface area contributed by atoms with E-state index in [4.69, 9.17) is 13.8 Å². The number of rotatable bonds is 53. The van der Waals surface area contributed by atoms with Gasteiger partial charge in [0.15, 0.2) is 0 Å². The van der Waals surface area contributed by atoms with Crippen molar-refractivity contribution < 1.29 is 37.3 Å². The molecule has 0 aliphatic carbocycles. The van der Waals surface area contributed by atoms with E-state index in [2.05, 4.69) is 111 Å². The van der Waals surface area contributed by atoms with E-state index in [-0.39, 0.29) is 37.9 Å². The molecule has 0 aromatic carbocycles. The second-order valence-electron chi connectivity index (χ2n) is 21.1. The van der Waals surface area contributed by atoms with Gasteiger partial charge in [0.1, 0.15) is 19.3 Å². The topological polar surface area (TPSA) is 111 Å². The standard InChI is InChI=1S/C64H113N2O7P/c1-7-10-13-16-19-22-25-28-30-32-33-35-36-38-41-44-47-50-53-56-63(67)65-61(60-72-74(69,70)71-59-58-66(4,5)6)62(55-52-49-46-43-40-27-24-21-18-15-12-9-3)73-64(68)57-54-51-48-45-42-39-37-34-31-29-26-23-20-17-14-11-8-2/h10,13,19-20,22-23,28-31,33,35,38,41,52,55,61-62H,7-9,11-12,14-18,21,24-27,32,34,36-37,39-40,42-51,53-54,56-60H2,1-6H3,(H-,65,67,69,70)/p+1/b13-10-,22-19-,23-20-,30-28-,31-29-,35-33-,41-38-,55-52+. The Kier molecular flexibility index (Phi) is 51.1. The van der Waals surface area contributed by atoms with Crippen LogP contribution >= 0.6 is 7.82 Å². The third-order valence-electron chi connectivity index (χ3n) is 12.8. The maximum absolute atomic E-state index is 13.5. The van der Waals surface area contributed by atoms with Crippen molar-refractivity contribution in [3.63, 3.8) is 0 Å². The fourth-order valence-corrected chi connectivity index (χ4v) is 8.85. The summed E-state index contributed by atoms with van der Waals surface area (Å²) in [5.41, 5.74) is 0.